The quantitative estimate of drug-likeness (QED) is 0.465. The summed E-state index contributed by atoms with van der Waals surface area (Å²) >= 11 is 0. The molecule has 7 heteroatoms. The Morgan fingerprint density at radius 1 is 1.03 bits per heavy atom. The molecule has 0 saturated heterocycles. The second kappa shape index (κ2) is 8.08. The van der Waals surface area contributed by atoms with Gasteiger partial charge in [0.05, 0.1) is 12.0 Å². The van der Waals surface area contributed by atoms with Crippen LogP contribution in [0.2, 0.25) is 0 Å². The third kappa shape index (κ3) is 3.68. The van der Waals surface area contributed by atoms with Gasteiger partial charge in [0.15, 0.2) is 23.1 Å². The smallest absolute Gasteiger partial charge is 0.195 e. The molecule has 0 saturated carbocycles. The fourth-order valence-electron chi connectivity index (χ4n) is 4.83. The predicted octanol–water partition coefficient (Wildman–Crippen LogP) is 4.47. The van der Waals surface area contributed by atoms with Crippen molar-refractivity contribution in [3.63, 3.8) is 0 Å². The Balaban J connectivity index is 1.22. The van der Waals surface area contributed by atoms with E-state index in [-0.39, 0.29) is 0 Å². The van der Waals surface area contributed by atoms with E-state index in [2.05, 4.69) is 46.5 Å². The molecule has 2 aliphatic rings. The number of furan rings is 1. The Kier molecular flexibility index (Phi) is 4.91. The van der Waals surface area contributed by atoms with E-state index < -0.39 is 0 Å². The minimum atomic E-state index is 0.592. The molecule has 0 N–H and O–H groups in total. The Labute approximate surface area is 192 Å². The van der Waals surface area contributed by atoms with Crippen LogP contribution < -0.4 is 9.47 Å². The van der Waals surface area contributed by atoms with Crippen molar-refractivity contribution in [1.29, 1.82) is 0 Å². The first-order valence-electron chi connectivity index (χ1n) is 11.3. The summed E-state index contributed by atoms with van der Waals surface area (Å²) in [5.74, 6) is 3.01. The monoisotopic (exact) mass is 442 g/mol. The molecule has 0 bridgehead atoms. The van der Waals surface area contributed by atoms with Gasteiger partial charge in [0, 0.05) is 61.0 Å². The topological polar surface area (TPSA) is 65.6 Å². The van der Waals surface area contributed by atoms with E-state index in [0.29, 0.717) is 24.8 Å². The van der Waals surface area contributed by atoms with Gasteiger partial charge in [-0.05, 0) is 49.7 Å². The van der Waals surface area contributed by atoms with Crippen molar-refractivity contribution in [2.24, 2.45) is 0 Å². The van der Waals surface area contributed by atoms with Crippen LogP contribution in [0.3, 0.4) is 0 Å². The van der Waals surface area contributed by atoms with E-state index >= 15 is 0 Å². The summed E-state index contributed by atoms with van der Waals surface area (Å²) in [5.41, 5.74) is 7.20. The number of rotatable bonds is 4. The summed E-state index contributed by atoms with van der Waals surface area (Å²) < 4.78 is 19.2. The van der Waals surface area contributed by atoms with Gasteiger partial charge in [-0.1, -0.05) is 0 Å². The minimum Gasteiger partial charge on any atom is -0.486 e. The molecular weight excluding hydrogens is 416 g/mol. The van der Waals surface area contributed by atoms with Crippen LogP contribution in [0.15, 0.2) is 53.3 Å². The largest absolute Gasteiger partial charge is 0.486 e. The lowest BCUT2D eigenvalue weighted by Gasteiger charge is -2.28. The Bertz CT molecular complexity index is 1310. The second-order valence-corrected chi connectivity index (χ2v) is 8.66. The SMILES string of the molecule is Cc1cc(CN2CCc3nc(-c4ccco4)ncc3C2)c(C)n1-c1ccc2c(c1)OCCO2. The summed E-state index contributed by atoms with van der Waals surface area (Å²) in [5, 5.41) is 0. The second-order valence-electron chi connectivity index (χ2n) is 8.66. The first-order chi connectivity index (χ1) is 16.2. The number of aromatic nitrogens is 3. The molecule has 2 aliphatic heterocycles. The summed E-state index contributed by atoms with van der Waals surface area (Å²) in [6.07, 6.45) is 4.51. The van der Waals surface area contributed by atoms with Crippen LogP contribution in [0.5, 0.6) is 11.5 Å². The minimum absolute atomic E-state index is 0.592. The summed E-state index contributed by atoms with van der Waals surface area (Å²) in [7, 11) is 0. The molecule has 0 aliphatic carbocycles. The number of benzene rings is 1. The molecule has 0 spiro atoms. The normalized spacial score (nSPS) is 15.5. The Morgan fingerprint density at radius 2 is 1.91 bits per heavy atom. The molecule has 0 radical (unpaired) electrons. The van der Waals surface area contributed by atoms with Crippen LogP contribution in [0.4, 0.5) is 0 Å². The lowest BCUT2D eigenvalue weighted by molar-refractivity contribution is 0.171. The fraction of sp³-hybridized carbons (Fsp3) is 0.308. The van der Waals surface area contributed by atoms with Crippen LogP contribution in [0, 0.1) is 13.8 Å². The van der Waals surface area contributed by atoms with Crippen molar-refractivity contribution < 1.29 is 13.9 Å². The Morgan fingerprint density at radius 3 is 2.76 bits per heavy atom. The van der Waals surface area contributed by atoms with Crippen molar-refractivity contribution in [2.75, 3.05) is 19.8 Å². The molecule has 3 aromatic heterocycles. The van der Waals surface area contributed by atoms with Crippen LogP contribution in [-0.4, -0.2) is 39.2 Å². The molecule has 7 nitrogen and oxygen atoms in total. The summed E-state index contributed by atoms with van der Waals surface area (Å²) in [4.78, 5) is 11.7. The molecule has 1 aromatic carbocycles. The highest BCUT2D eigenvalue weighted by molar-refractivity contribution is 5.52. The number of hydrogen-bond acceptors (Lipinski definition) is 6. The highest BCUT2D eigenvalue weighted by Crippen LogP contribution is 2.34. The van der Waals surface area contributed by atoms with Crippen molar-refractivity contribution in [3.05, 3.63) is 77.1 Å². The molecule has 168 valence electrons. The van der Waals surface area contributed by atoms with Crippen LogP contribution in [0.1, 0.15) is 28.2 Å². The highest BCUT2D eigenvalue weighted by atomic mass is 16.6. The summed E-state index contributed by atoms with van der Waals surface area (Å²) in [6, 6.07) is 12.2. The maximum absolute atomic E-state index is 5.79. The van der Waals surface area contributed by atoms with E-state index in [1.165, 1.54) is 22.5 Å². The van der Waals surface area contributed by atoms with Gasteiger partial charge in [0.2, 0.25) is 0 Å². The maximum atomic E-state index is 5.79. The third-order valence-electron chi connectivity index (χ3n) is 6.47. The van der Waals surface area contributed by atoms with Gasteiger partial charge in [-0.25, -0.2) is 9.97 Å². The van der Waals surface area contributed by atoms with E-state index in [0.717, 1.165) is 48.9 Å². The highest BCUT2D eigenvalue weighted by Gasteiger charge is 2.22. The lowest BCUT2D eigenvalue weighted by Crippen LogP contribution is -2.31. The van der Waals surface area contributed by atoms with Gasteiger partial charge in [-0.15, -0.1) is 0 Å². The van der Waals surface area contributed by atoms with Crippen molar-refractivity contribution in [2.45, 2.75) is 33.4 Å². The summed E-state index contributed by atoms with van der Waals surface area (Å²) in [6.45, 7) is 8.25. The molecule has 33 heavy (non-hydrogen) atoms. The zero-order valence-electron chi connectivity index (χ0n) is 18.9. The number of fused-ring (bicyclic) bond motifs is 2. The zero-order chi connectivity index (χ0) is 22.4. The van der Waals surface area contributed by atoms with Gasteiger partial charge < -0.3 is 18.5 Å². The molecular formula is C26H26N4O3. The van der Waals surface area contributed by atoms with Crippen molar-refractivity contribution in [1.82, 2.24) is 19.4 Å². The van der Waals surface area contributed by atoms with E-state index in [1.807, 2.05) is 24.4 Å². The van der Waals surface area contributed by atoms with Gasteiger partial charge in [-0.2, -0.15) is 0 Å². The lowest BCUT2D eigenvalue weighted by atomic mass is 10.1. The zero-order valence-corrected chi connectivity index (χ0v) is 18.9. The van der Waals surface area contributed by atoms with E-state index in [9.17, 15) is 0 Å². The number of ether oxygens (including phenoxy) is 2. The predicted molar refractivity (Wildman–Crippen MR) is 124 cm³/mol. The van der Waals surface area contributed by atoms with Crippen LogP contribution >= 0.6 is 0 Å². The Hall–Kier alpha value is -3.58. The average Bonchev–Trinajstić information content (AvgIpc) is 3.47. The van der Waals surface area contributed by atoms with Gasteiger partial charge in [0.1, 0.15) is 13.2 Å². The van der Waals surface area contributed by atoms with Crippen LogP contribution in [-0.2, 0) is 19.5 Å². The number of aryl methyl sites for hydroxylation is 1. The molecule has 0 amide bonds. The molecule has 0 atom stereocenters. The first-order valence-corrected chi connectivity index (χ1v) is 11.3. The standard InChI is InChI=1S/C26H26N4O3/c1-17-12-19(18(2)30(17)21-5-6-23-25(13-21)33-11-10-32-23)15-29-8-7-22-20(16-29)14-27-26(28-22)24-4-3-9-31-24/h3-6,9,12-14H,7-8,10-11,15-16H2,1-2H3. The molecule has 4 aromatic rings. The maximum Gasteiger partial charge on any atom is 0.195 e. The van der Waals surface area contributed by atoms with Crippen molar-refractivity contribution >= 4 is 0 Å². The van der Waals surface area contributed by atoms with E-state index in [4.69, 9.17) is 18.9 Å². The van der Waals surface area contributed by atoms with Crippen LogP contribution in [0.25, 0.3) is 17.3 Å². The number of nitrogens with zero attached hydrogens (tertiary/aromatic N) is 4. The van der Waals surface area contributed by atoms with Crippen molar-refractivity contribution in [3.8, 4) is 28.8 Å². The molecule has 5 heterocycles. The molecule has 6 rings (SSSR count). The first kappa shape index (κ1) is 20.1. The molecule has 0 fully saturated rings. The van der Waals surface area contributed by atoms with E-state index in [1.54, 1.807) is 6.26 Å². The number of hydrogen-bond donors (Lipinski definition) is 0. The third-order valence-corrected chi connectivity index (χ3v) is 6.47. The van der Waals surface area contributed by atoms with Gasteiger partial charge in [0.25, 0.3) is 0 Å². The molecule has 0 unspecified atom stereocenters. The van der Waals surface area contributed by atoms with Gasteiger partial charge in [-0.3, -0.25) is 4.90 Å². The average molecular weight is 443 g/mol. The van der Waals surface area contributed by atoms with Gasteiger partial charge >= 0.3 is 0 Å². The fourth-order valence-corrected chi connectivity index (χ4v) is 4.83.